The number of amides is 1. The summed E-state index contributed by atoms with van der Waals surface area (Å²) in [6.45, 7) is 5.69. The summed E-state index contributed by atoms with van der Waals surface area (Å²) < 4.78 is 5.61. The molecule has 3 atom stereocenters. The number of nitrogens with zero attached hydrogens (tertiary/aromatic N) is 4. The van der Waals surface area contributed by atoms with Gasteiger partial charge in [-0.2, -0.15) is 4.98 Å². The van der Waals surface area contributed by atoms with E-state index >= 15 is 0 Å². The zero-order valence-electron chi connectivity index (χ0n) is 16.5. The fourth-order valence-electron chi connectivity index (χ4n) is 4.73. The van der Waals surface area contributed by atoms with E-state index in [1.165, 1.54) is 0 Å². The molecular formula is C21H27ClN4O2. The lowest BCUT2D eigenvalue weighted by Crippen LogP contribution is -2.48. The Morgan fingerprint density at radius 2 is 1.93 bits per heavy atom. The molecule has 2 aromatic rings. The van der Waals surface area contributed by atoms with E-state index in [0.717, 1.165) is 49.4 Å². The summed E-state index contributed by atoms with van der Waals surface area (Å²) in [7, 11) is 0. The number of hydrogen-bond acceptors (Lipinski definition) is 5. The van der Waals surface area contributed by atoms with Gasteiger partial charge in [0.25, 0.3) is 0 Å². The number of aromatic nitrogens is 2. The zero-order chi connectivity index (χ0) is 19.7. The molecule has 1 aromatic heterocycles. The zero-order valence-corrected chi connectivity index (χ0v) is 17.2. The van der Waals surface area contributed by atoms with Crippen LogP contribution in [0.15, 0.2) is 28.8 Å². The van der Waals surface area contributed by atoms with E-state index in [9.17, 15) is 4.79 Å². The lowest BCUT2D eigenvalue weighted by Gasteiger charge is -2.36. The van der Waals surface area contributed by atoms with Crippen LogP contribution < -0.4 is 0 Å². The molecule has 0 unspecified atom stereocenters. The van der Waals surface area contributed by atoms with Crippen molar-refractivity contribution in [3.8, 4) is 0 Å². The Morgan fingerprint density at radius 1 is 1.21 bits per heavy atom. The summed E-state index contributed by atoms with van der Waals surface area (Å²) in [5.74, 6) is 1.53. The largest absolute Gasteiger partial charge is 0.338 e. The van der Waals surface area contributed by atoms with Crippen LogP contribution in [0.4, 0.5) is 0 Å². The SMILES string of the molecule is CC(=O)N1CCC[C@@H]1[C@H]1CCCN1[C@H](C)c1nc(Cc2ccc(Cl)cc2)no1. The van der Waals surface area contributed by atoms with Gasteiger partial charge >= 0.3 is 0 Å². The minimum atomic E-state index is 0.0494. The van der Waals surface area contributed by atoms with Gasteiger partial charge in [-0.3, -0.25) is 9.69 Å². The Morgan fingerprint density at radius 3 is 2.68 bits per heavy atom. The maximum atomic E-state index is 12.0. The second-order valence-electron chi connectivity index (χ2n) is 7.90. The lowest BCUT2D eigenvalue weighted by molar-refractivity contribution is -0.130. The van der Waals surface area contributed by atoms with Gasteiger partial charge in [-0.15, -0.1) is 0 Å². The van der Waals surface area contributed by atoms with Gasteiger partial charge in [0.1, 0.15) is 0 Å². The monoisotopic (exact) mass is 402 g/mol. The predicted molar refractivity (Wildman–Crippen MR) is 107 cm³/mol. The van der Waals surface area contributed by atoms with Crippen molar-refractivity contribution in [2.45, 2.75) is 64.1 Å². The van der Waals surface area contributed by atoms with E-state index in [2.05, 4.69) is 26.9 Å². The molecule has 6 nitrogen and oxygen atoms in total. The molecule has 0 aliphatic carbocycles. The van der Waals surface area contributed by atoms with Crippen molar-refractivity contribution in [1.82, 2.24) is 19.9 Å². The number of likely N-dealkylation sites (tertiary alicyclic amines) is 2. The van der Waals surface area contributed by atoms with Crippen LogP contribution in [-0.4, -0.2) is 51.0 Å². The van der Waals surface area contributed by atoms with E-state index in [1.807, 2.05) is 24.3 Å². The minimum absolute atomic E-state index is 0.0494. The quantitative estimate of drug-likeness (QED) is 0.760. The smallest absolute Gasteiger partial charge is 0.243 e. The van der Waals surface area contributed by atoms with Gasteiger partial charge in [-0.05, 0) is 56.8 Å². The molecule has 0 bridgehead atoms. The van der Waals surface area contributed by atoms with Gasteiger partial charge in [0.15, 0.2) is 5.82 Å². The molecule has 0 spiro atoms. The van der Waals surface area contributed by atoms with Crippen LogP contribution in [0.3, 0.4) is 0 Å². The molecule has 0 saturated carbocycles. The van der Waals surface area contributed by atoms with Crippen molar-refractivity contribution >= 4 is 17.5 Å². The number of halogens is 1. The van der Waals surface area contributed by atoms with E-state index in [-0.39, 0.29) is 11.9 Å². The molecular weight excluding hydrogens is 376 g/mol. The standard InChI is InChI=1S/C21H27ClN4O2/c1-14(21-23-20(24-28-21)13-16-7-9-17(22)10-8-16)25-11-3-5-18(25)19-6-4-12-26(19)15(2)27/h7-10,14,18-19H,3-6,11-13H2,1-2H3/t14-,18-,19-/m1/s1. The molecule has 2 fully saturated rings. The van der Waals surface area contributed by atoms with Gasteiger partial charge in [0, 0.05) is 37.0 Å². The highest BCUT2D eigenvalue weighted by Crippen LogP contribution is 2.35. The molecule has 2 saturated heterocycles. The average Bonchev–Trinajstić information content (AvgIpc) is 3.42. The van der Waals surface area contributed by atoms with E-state index in [0.29, 0.717) is 30.2 Å². The van der Waals surface area contributed by atoms with E-state index in [1.54, 1.807) is 6.92 Å². The number of benzene rings is 1. The number of carbonyl (C=O) groups excluding carboxylic acids is 1. The molecule has 0 radical (unpaired) electrons. The molecule has 1 aromatic carbocycles. The molecule has 2 aliphatic heterocycles. The van der Waals surface area contributed by atoms with Crippen LogP contribution in [0.1, 0.15) is 62.9 Å². The third kappa shape index (κ3) is 3.94. The van der Waals surface area contributed by atoms with Crippen LogP contribution in [0.5, 0.6) is 0 Å². The molecule has 3 heterocycles. The van der Waals surface area contributed by atoms with Crippen LogP contribution in [0, 0.1) is 0 Å². The summed E-state index contributed by atoms with van der Waals surface area (Å²) in [5, 5.41) is 4.90. The number of rotatable bonds is 5. The van der Waals surface area contributed by atoms with Crippen LogP contribution in [0.2, 0.25) is 5.02 Å². The van der Waals surface area contributed by atoms with E-state index in [4.69, 9.17) is 16.1 Å². The Balaban J connectivity index is 1.46. The first-order valence-corrected chi connectivity index (χ1v) is 10.5. The maximum Gasteiger partial charge on any atom is 0.243 e. The number of hydrogen-bond donors (Lipinski definition) is 0. The van der Waals surface area contributed by atoms with Gasteiger partial charge in [0.2, 0.25) is 11.8 Å². The highest BCUT2D eigenvalue weighted by Gasteiger charge is 2.41. The van der Waals surface area contributed by atoms with Crippen molar-refractivity contribution in [3.05, 3.63) is 46.6 Å². The Labute approximate surface area is 170 Å². The van der Waals surface area contributed by atoms with Crippen molar-refractivity contribution < 1.29 is 9.32 Å². The summed E-state index contributed by atoms with van der Waals surface area (Å²) in [6.07, 6.45) is 5.05. The van der Waals surface area contributed by atoms with Crippen molar-refractivity contribution in [2.75, 3.05) is 13.1 Å². The summed E-state index contributed by atoms with van der Waals surface area (Å²) >= 11 is 5.95. The lowest BCUT2D eigenvalue weighted by atomic mass is 10.0. The van der Waals surface area contributed by atoms with Crippen molar-refractivity contribution in [2.24, 2.45) is 0 Å². The van der Waals surface area contributed by atoms with Crippen molar-refractivity contribution in [1.29, 1.82) is 0 Å². The third-order valence-corrected chi connectivity index (χ3v) is 6.36. The van der Waals surface area contributed by atoms with Crippen LogP contribution in [0.25, 0.3) is 0 Å². The first-order chi connectivity index (χ1) is 13.5. The molecule has 4 rings (SSSR count). The topological polar surface area (TPSA) is 62.5 Å². The molecule has 28 heavy (non-hydrogen) atoms. The van der Waals surface area contributed by atoms with E-state index < -0.39 is 0 Å². The molecule has 150 valence electrons. The molecule has 0 N–H and O–H groups in total. The fourth-order valence-corrected chi connectivity index (χ4v) is 4.85. The van der Waals surface area contributed by atoms with Gasteiger partial charge in [-0.25, -0.2) is 0 Å². The van der Waals surface area contributed by atoms with Crippen molar-refractivity contribution in [3.63, 3.8) is 0 Å². The minimum Gasteiger partial charge on any atom is -0.338 e. The second-order valence-corrected chi connectivity index (χ2v) is 8.33. The Bertz CT molecular complexity index is 822. The number of carbonyl (C=O) groups is 1. The average molecular weight is 403 g/mol. The summed E-state index contributed by atoms with van der Waals surface area (Å²) in [5.41, 5.74) is 1.10. The Hall–Kier alpha value is -1.92. The van der Waals surface area contributed by atoms with Gasteiger partial charge < -0.3 is 9.42 Å². The molecule has 7 heteroatoms. The second kappa shape index (κ2) is 8.21. The highest BCUT2D eigenvalue weighted by atomic mass is 35.5. The summed E-state index contributed by atoms with van der Waals surface area (Å²) in [6, 6.07) is 8.43. The first-order valence-electron chi connectivity index (χ1n) is 10.1. The molecule has 1 amide bonds. The predicted octanol–water partition coefficient (Wildman–Crippen LogP) is 3.85. The first kappa shape index (κ1) is 19.4. The van der Waals surface area contributed by atoms with Crippen LogP contribution in [-0.2, 0) is 11.2 Å². The fraction of sp³-hybridized carbons (Fsp3) is 0.571. The Kier molecular flexibility index (Phi) is 5.69. The maximum absolute atomic E-state index is 12.0. The summed E-state index contributed by atoms with van der Waals surface area (Å²) in [4.78, 5) is 21.2. The third-order valence-electron chi connectivity index (χ3n) is 6.10. The van der Waals surface area contributed by atoms with Crippen LogP contribution >= 0.6 is 11.6 Å². The highest BCUT2D eigenvalue weighted by molar-refractivity contribution is 6.30. The van der Waals surface area contributed by atoms with Gasteiger partial charge in [0.05, 0.1) is 6.04 Å². The molecule has 2 aliphatic rings. The van der Waals surface area contributed by atoms with Gasteiger partial charge in [-0.1, -0.05) is 28.9 Å². The normalized spacial score (nSPS) is 24.0.